The fourth-order valence-electron chi connectivity index (χ4n) is 2.04. The number of hydrogen-bond acceptors (Lipinski definition) is 3. The van der Waals surface area contributed by atoms with Gasteiger partial charge >= 0.3 is 0 Å². The number of carbonyl (C=O) groups excluding carboxylic acids is 2. The lowest BCUT2D eigenvalue weighted by Gasteiger charge is -2.11. The second kappa shape index (κ2) is 8.17. The maximum absolute atomic E-state index is 12.1. The highest BCUT2D eigenvalue weighted by molar-refractivity contribution is 6.30. The zero-order valence-electron chi connectivity index (χ0n) is 13.3. The predicted molar refractivity (Wildman–Crippen MR) is 96.4 cm³/mol. The van der Waals surface area contributed by atoms with Crippen LogP contribution in [-0.4, -0.2) is 18.9 Å². The van der Waals surface area contributed by atoms with E-state index in [2.05, 4.69) is 10.6 Å². The molecule has 2 N–H and O–H groups in total. The molecule has 0 aromatic heterocycles. The molecule has 5 nitrogen and oxygen atoms in total. The number of benzene rings is 2. The van der Waals surface area contributed by atoms with Crippen LogP contribution in [0.15, 0.2) is 48.5 Å². The number of nitrogens with one attached hydrogen (secondary N) is 2. The van der Waals surface area contributed by atoms with E-state index in [1.165, 1.54) is 20.1 Å². The van der Waals surface area contributed by atoms with Gasteiger partial charge in [-0.3, -0.25) is 9.59 Å². The number of amides is 2. The van der Waals surface area contributed by atoms with E-state index in [1.807, 2.05) is 6.07 Å². The van der Waals surface area contributed by atoms with Crippen LogP contribution in [0, 0.1) is 0 Å². The molecule has 0 saturated carbocycles. The predicted octanol–water partition coefficient (Wildman–Crippen LogP) is 3.96. The highest BCUT2D eigenvalue weighted by Gasteiger charge is 2.07. The van der Waals surface area contributed by atoms with Crippen molar-refractivity contribution in [1.82, 2.24) is 0 Å². The lowest BCUT2D eigenvalue weighted by atomic mass is 10.2. The van der Waals surface area contributed by atoms with Gasteiger partial charge in [0.25, 0.3) is 0 Å². The van der Waals surface area contributed by atoms with Crippen molar-refractivity contribution in [3.63, 3.8) is 0 Å². The lowest BCUT2D eigenvalue weighted by molar-refractivity contribution is -0.114. The molecule has 124 valence electrons. The van der Waals surface area contributed by atoms with Gasteiger partial charge in [-0.1, -0.05) is 23.7 Å². The summed E-state index contributed by atoms with van der Waals surface area (Å²) in [5, 5.41) is 5.98. The third-order valence-electron chi connectivity index (χ3n) is 3.05. The van der Waals surface area contributed by atoms with Gasteiger partial charge in [0, 0.05) is 23.7 Å². The highest BCUT2D eigenvalue weighted by Crippen LogP contribution is 2.28. The summed E-state index contributed by atoms with van der Waals surface area (Å²) in [5.41, 5.74) is 1.85. The Labute approximate surface area is 145 Å². The van der Waals surface area contributed by atoms with Crippen LogP contribution in [0.25, 0.3) is 6.08 Å². The summed E-state index contributed by atoms with van der Waals surface area (Å²) >= 11 is 5.90. The van der Waals surface area contributed by atoms with Gasteiger partial charge in [0.15, 0.2) is 0 Å². The van der Waals surface area contributed by atoms with E-state index in [-0.39, 0.29) is 11.8 Å². The summed E-state index contributed by atoms with van der Waals surface area (Å²) in [6.07, 6.45) is 3.06. The summed E-state index contributed by atoms with van der Waals surface area (Å²) in [4.78, 5) is 23.2. The first-order chi connectivity index (χ1) is 11.5. The number of anilines is 2. The summed E-state index contributed by atoms with van der Waals surface area (Å²) < 4.78 is 5.22. The third-order valence-corrected chi connectivity index (χ3v) is 3.29. The van der Waals surface area contributed by atoms with Gasteiger partial charge in [-0.15, -0.1) is 0 Å². The van der Waals surface area contributed by atoms with Gasteiger partial charge in [0.2, 0.25) is 11.8 Å². The Kier molecular flexibility index (Phi) is 5.98. The minimum Gasteiger partial charge on any atom is -0.495 e. The van der Waals surface area contributed by atoms with Gasteiger partial charge < -0.3 is 15.4 Å². The highest BCUT2D eigenvalue weighted by atomic mass is 35.5. The molecule has 2 amide bonds. The van der Waals surface area contributed by atoms with Gasteiger partial charge in [-0.05, 0) is 42.0 Å². The van der Waals surface area contributed by atoms with Crippen LogP contribution in [0.5, 0.6) is 5.75 Å². The molecule has 6 heteroatoms. The zero-order valence-corrected chi connectivity index (χ0v) is 14.1. The van der Waals surface area contributed by atoms with E-state index < -0.39 is 0 Å². The van der Waals surface area contributed by atoms with E-state index in [1.54, 1.807) is 42.5 Å². The Balaban J connectivity index is 2.13. The van der Waals surface area contributed by atoms with Crippen molar-refractivity contribution >= 4 is 40.9 Å². The molecule has 0 aliphatic rings. The van der Waals surface area contributed by atoms with Crippen molar-refractivity contribution in [1.29, 1.82) is 0 Å². The number of carbonyl (C=O) groups is 2. The summed E-state index contributed by atoms with van der Waals surface area (Å²) in [7, 11) is 1.50. The smallest absolute Gasteiger partial charge is 0.248 e. The molecule has 2 aromatic rings. The standard InChI is InChI=1S/C18H17ClN2O3/c1-12(22)20-15-7-8-17(24-2)16(11-15)21-18(23)9-6-13-4-3-5-14(19)10-13/h3-11H,1-2H3,(H,20,22)(H,21,23)/b9-6+. The summed E-state index contributed by atoms with van der Waals surface area (Å²) in [5.74, 6) is -0.0276. The molecule has 0 heterocycles. The third kappa shape index (κ3) is 5.14. The molecule has 0 spiro atoms. The normalized spacial score (nSPS) is 10.5. The SMILES string of the molecule is COc1ccc(NC(C)=O)cc1NC(=O)/C=C/c1cccc(Cl)c1. The minimum absolute atomic E-state index is 0.196. The first kappa shape index (κ1) is 17.6. The lowest BCUT2D eigenvalue weighted by Crippen LogP contribution is -2.10. The Hall–Kier alpha value is -2.79. The quantitative estimate of drug-likeness (QED) is 0.807. The van der Waals surface area contributed by atoms with E-state index in [0.29, 0.717) is 22.1 Å². The number of ether oxygens (including phenoxy) is 1. The van der Waals surface area contributed by atoms with Gasteiger partial charge in [-0.2, -0.15) is 0 Å². The van der Waals surface area contributed by atoms with Crippen LogP contribution in [0.4, 0.5) is 11.4 Å². The Morgan fingerprint density at radius 3 is 2.58 bits per heavy atom. The van der Waals surface area contributed by atoms with Crippen LogP contribution in [0.2, 0.25) is 5.02 Å². The van der Waals surface area contributed by atoms with Crippen LogP contribution in [0.1, 0.15) is 12.5 Å². The number of hydrogen-bond donors (Lipinski definition) is 2. The molecule has 24 heavy (non-hydrogen) atoms. The first-order valence-electron chi connectivity index (χ1n) is 7.18. The van der Waals surface area contributed by atoms with Crippen LogP contribution in [0.3, 0.4) is 0 Å². The van der Waals surface area contributed by atoms with Crippen LogP contribution < -0.4 is 15.4 Å². The molecule has 0 radical (unpaired) electrons. The second-order valence-electron chi connectivity index (χ2n) is 4.97. The topological polar surface area (TPSA) is 67.4 Å². The molecule has 0 aliphatic heterocycles. The van der Waals surface area contributed by atoms with Crippen molar-refractivity contribution in [2.75, 3.05) is 17.7 Å². The van der Waals surface area contributed by atoms with Crippen LogP contribution >= 0.6 is 11.6 Å². The molecule has 2 aromatic carbocycles. The Morgan fingerprint density at radius 2 is 1.92 bits per heavy atom. The molecule has 0 saturated heterocycles. The van der Waals surface area contributed by atoms with Crippen molar-refractivity contribution in [2.45, 2.75) is 6.92 Å². The molecular formula is C18H17ClN2O3. The molecular weight excluding hydrogens is 328 g/mol. The first-order valence-corrected chi connectivity index (χ1v) is 7.56. The van der Waals surface area contributed by atoms with E-state index in [0.717, 1.165) is 5.56 Å². The monoisotopic (exact) mass is 344 g/mol. The largest absolute Gasteiger partial charge is 0.495 e. The Morgan fingerprint density at radius 1 is 1.12 bits per heavy atom. The fourth-order valence-corrected chi connectivity index (χ4v) is 2.24. The van der Waals surface area contributed by atoms with Crippen molar-refractivity contribution in [3.8, 4) is 5.75 Å². The zero-order chi connectivity index (χ0) is 17.5. The molecule has 0 aliphatic carbocycles. The number of halogens is 1. The van der Waals surface area contributed by atoms with E-state index in [9.17, 15) is 9.59 Å². The second-order valence-corrected chi connectivity index (χ2v) is 5.41. The van der Waals surface area contributed by atoms with Gasteiger partial charge in [0.1, 0.15) is 5.75 Å². The summed E-state index contributed by atoms with van der Waals surface area (Å²) in [6, 6.07) is 12.2. The van der Waals surface area contributed by atoms with E-state index >= 15 is 0 Å². The molecule has 0 bridgehead atoms. The number of methoxy groups -OCH3 is 1. The van der Waals surface area contributed by atoms with E-state index in [4.69, 9.17) is 16.3 Å². The summed E-state index contributed by atoms with van der Waals surface area (Å²) in [6.45, 7) is 1.41. The average molecular weight is 345 g/mol. The van der Waals surface area contributed by atoms with Crippen LogP contribution in [-0.2, 0) is 9.59 Å². The molecule has 0 unspecified atom stereocenters. The Bertz CT molecular complexity index is 788. The van der Waals surface area contributed by atoms with Crippen molar-refractivity contribution < 1.29 is 14.3 Å². The van der Waals surface area contributed by atoms with Gasteiger partial charge in [0.05, 0.1) is 12.8 Å². The molecule has 2 rings (SSSR count). The average Bonchev–Trinajstić information content (AvgIpc) is 2.53. The maximum Gasteiger partial charge on any atom is 0.248 e. The van der Waals surface area contributed by atoms with Crippen molar-refractivity contribution in [2.24, 2.45) is 0 Å². The van der Waals surface area contributed by atoms with Crippen molar-refractivity contribution in [3.05, 3.63) is 59.1 Å². The fraction of sp³-hybridized carbons (Fsp3) is 0.111. The van der Waals surface area contributed by atoms with Gasteiger partial charge in [-0.25, -0.2) is 0 Å². The number of rotatable bonds is 5. The minimum atomic E-state index is -0.326. The maximum atomic E-state index is 12.1. The molecule has 0 atom stereocenters. The molecule has 0 fully saturated rings.